The predicted molar refractivity (Wildman–Crippen MR) is 137 cm³/mol. The van der Waals surface area contributed by atoms with Crippen molar-refractivity contribution in [2.24, 2.45) is 0 Å². The average Bonchev–Trinajstić information content (AvgIpc) is 2.81. The van der Waals surface area contributed by atoms with Crippen LogP contribution < -0.4 is 10.1 Å². The molecule has 0 atom stereocenters. The average molecular weight is 519 g/mol. The molecule has 1 aliphatic rings. The second-order valence-corrected chi connectivity index (χ2v) is 9.30. The third-order valence-corrected chi connectivity index (χ3v) is 6.56. The molecule has 0 saturated carbocycles. The van der Waals surface area contributed by atoms with Gasteiger partial charge in [0.25, 0.3) is 5.91 Å². The van der Waals surface area contributed by atoms with E-state index in [2.05, 4.69) is 62.2 Å². The van der Waals surface area contributed by atoms with E-state index in [-0.39, 0.29) is 5.91 Å². The molecule has 2 aromatic carbocycles. The second-order valence-electron chi connectivity index (χ2n) is 8.06. The number of amides is 1. The molecule has 0 bridgehead atoms. The molecular weight excluding hydrogens is 486 g/mol. The normalized spacial score (nSPS) is 14.2. The van der Waals surface area contributed by atoms with E-state index < -0.39 is 0 Å². The van der Waals surface area contributed by atoms with Crippen LogP contribution in [0.4, 0.5) is 0 Å². The Morgan fingerprint density at radius 2 is 1.81 bits per heavy atom. The lowest BCUT2D eigenvalue weighted by Gasteiger charge is -2.36. The van der Waals surface area contributed by atoms with Gasteiger partial charge in [-0.15, -0.1) is 0 Å². The minimum absolute atomic E-state index is 0.197. The van der Waals surface area contributed by atoms with Gasteiger partial charge in [-0.25, -0.2) is 0 Å². The van der Waals surface area contributed by atoms with Crippen LogP contribution in [-0.4, -0.2) is 53.6 Å². The SMILES string of the molecule is CCCCCCOc1ccc(C(=O)NC(=S)N2CCN(Cc3ccccc3)CC2)cc1Br. The zero-order valence-electron chi connectivity index (χ0n) is 18.7. The molecule has 1 amide bonds. The van der Waals surface area contributed by atoms with Gasteiger partial charge in [0.1, 0.15) is 5.75 Å². The fourth-order valence-electron chi connectivity index (χ4n) is 3.67. The molecule has 2 aromatic rings. The molecule has 3 rings (SSSR count). The highest BCUT2D eigenvalue weighted by molar-refractivity contribution is 9.10. The number of unbranched alkanes of at least 4 members (excludes halogenated alkanes) is 3. The number of benzene rings is 2. The number of ether oxygens (including phenoxy) is 1. The highest BCUT2D eigenvalue weighted by Gasteiger charge is 2.21. The van der Waals surface area contributed by atoms with E-state index in [1.165, 1.54) is 24.8 Å². The van der Waals surface area contributed by atoms with Crippen molar-refractivity contribution in [3.63, 3.8) is 0 Å². The van der Waals surface area contributed by atoms with E-state index in [0.717, 1.165) is 49.4 Å². The van der Waals surface area contributed by atoms with Gasteiger partial charge in [-0.2, -0.15) is 0 Å². The van der Waals surface area contributed by atoms with E-state index in [4.69, 9.17) is 17.0 Å². The third-order valence-electron chi connectivity index (χ3n) is 5.58. The van der Waals surface area contributed by atoms with Crippen molar-refractivity contribution < 1.29 is 9.53 Å². The summed E-state index contributed by atoms with van der Waals surface area (Å²) in [6.07, 6.45) is 4.65. The number of rotatable bonds is 9. The Balaban J connectivity index is 1.44. The smallest absolute Gasteiger partial charge is 0.257 e. The zero-order chi connectivity index (χ0) is 22.8. The molecule has 32 heavy (non-hydrogen) atoms. The molecular formula is C25H32BrN3O2S. The molecule has 0 unspecified atom stereocenters. The molecule has 0 aromatic heterocycles. The minimum Gasteiger partial charge on any atom is -0.492 e. The maximum absolute atomic E-state index is 12.7. The molecule has 5 nitrogen and oxygen atoms in total. The third kappa shape index (κ3) is 7.57. The molecule has 0 aliphatic carbocycles. The maximum Gasteiger partial charge on any atom is 0.257 e. The molecule has 1 saturated heterocycles. The number of nitrogens with one attached hydrogen (secondary N) is 1. The first kappa shape index (κ1) is 24.7. The molecule has 172 valence electrons. The molecule has 1 heterocycles. The number of carbonyl (C=O) groups excluding carboxylic acids is 1. The summed E-state index contributed by atoms with van der Waals surface area (Å²) in [5, 5.41) is 3.37. The van der Waals surface area contributed by atoms with Gasteiger partial charge < -0.3 is 9.64 Å². The second kappa shape index (κ2) is 12.9. The van der Waals surface area contributed by atoms with Crippen LogP contribution in [0.5, 0.6) is 5.75 Å². The van der Waals surface area contributed by atoms with Crippen LogP contribution in [0.2, 0.25) is 0 Å². The van der Waals surface area contributed by atoms with Gasteiger partial charge in [-0.3, -0.25) is 15.0 Å². The summed E-state index contributed by atoms with van der Waals surface area (Å²) in [4.78, 5) is 17.2. The number of hydrogen-bond acceptors (Lipinski definition) is 4. The largest absolute Gasteiger partial charge is 0.492 e. The molecule has 1 fully saturated rings. The maximum atomic E-state index is 12.7. The first-order valence-corrected chi connectivity index (χ1v) is 12.6. The number of hydrogen-bond donors (Lipinski definition) is 1. The fraction of sp³-hybridized carbons (Fsp3) is 0.440. The van der Waals surface area contributed by atoms with E-state index in [0.29, 0.717) is 17.3 Å². The zero-order valence-corrected chi connectivity index (χ0v) is 21.1. The van der Waals surface area contributed by atoms with Gasteiger partial charge in [0.15, 0.2) is 5.11 Å². The number of nitrogens with zero attached hydrogens (tertiary/aromatic N) is 2. The van der Waals surface area contributed by atoms with Crippen LogP contribution in [0.25, 0.3) is 0 Å². The van der Waals surface area contributed by atoms with E-state index in [1.807, 2.05) is 12.1 Å². The first-order chi connectivity index (χ1) is 15.6. The van der Waals surface area contributed by atoms with Gasteiger partial charge in [0.05, 0.1) is 11.1 Å². The molecule has 0 radical (unpaired) electrons. The predicted octanol–water partition coefficient (Wildman–Crippen LogP) is 5.24. The van der Waals surface area contributed by atoms with Gasteiger partial charge in [0, 0.05) is 38.3 Å². The lowest BCUT2D eigenvalue weighted by molar-refractivity contribution is 0.0969. The number of thiocarbonyl (C=S) groups is 1. The van der Waals surface area contributed by atoms with Crippen LogP contribution in [-0.2, 0) is 6.54 Å². The van der Waals surface area contributed by atoms with E-state index >= 15 is 0 Å². The van der Waals surface area contributed by atoms with Gasteiger partial charge in [0.2, 0.25) is 0 Å². The van der Waals surface area contributed by atoms with E-state index in [9.17, 15) is 4.79 Å². The van der Waals surface area contributed by atoms with Crippen molar-refractivity contribution in [2.45, 2.75) is 39.2 Å². The summed E-state index contributed by atoms with van der Waals surface area (Å²) in [6.45, 7) is 7.26. The van der Waals surface area contributed by atoms with Crippen molar-refractivity contribution in [3.8, 4) is 5.75 Å². The lowest BCUT2D eigenvalue weighted by Crippen LogP contribution is -2.52. The van der Waals surface area contributed by atoms with Crippen LogP contribution >= 0.6 is 28.1 Å². The lowest BCUT2D eigenvalue weighted by atomic mass is 10.2. The first-order valence-electron chi connectivity index (χ1n) is 11.4. The summed E-state index contributed by atoms with van der Waals surface area (Å²) in [5.74, 6) is 0.562. The van der Waals surface area contributed by atoms with Crippen LogP contribution in [0.3, 0.4) is 0 Å². The van der Waals surface area contributed by atoms with Crippen molar-refractivity contribution in [1.82, 2.24) is 15.1 Å². The van der Waals surface area contributed by atoms with Crippen molar-refractivity contribution >= 4 is 39.2 Å². The summed E-state index contributed by atoms with van der Waals surface area (Å²) in [6, 6.07) is 15.9. The molecule has 7 heteroatoms. The number of carbonyl (C=O) groups is 1. The molecule has 1 N–H and O–H groups in total. The van der Waals surface area contributed by atoms with Crippen molar-refractivity contribution in [1.29, 1.82) is 0 Å². The van der Waals surface area contributed by atoms with E-state index in [1.54, 1.807) is 12.1 Å². The standard InChI is InChI=1S/C25H32BrN3O2S/c1-2-3-4-8-17-31-23-12-11-21(18-22(23)26)24(30)27-25(32)29-15-13-28(14-16-29)19-20-9-6-5-7-10-20/h5-7,9-12,18H,2-4,8,13-17,19H2,1H3,(H,27,30,32). The Morgan fingerprint density at radius 1 is 1.06 bits per heavy atom. The summed E-state index contributed by atoms with van der Waals surface area (Å²) in [7, 11) is 0. The Hall–Kier alpha value is -1.96. The summed E-state index contributed by atoms with van der Waals surface area (Å²) < 4.78 is 6.61. The Bertz CT molecular complexity index is 886. The Morgan fingerprint density at radius 3 is 2.50 bits per heavy atom. The highest BCUT2D eigenvalue weighted by Crippen LogP contribution is 2.26. The minimum atomic E-state index is -0.197. The Labute approximate surface area is 205 Å². The monoisotopic (exact) mass is 517 g/mol. The number of piperazine rings is 1. The van der Waals surface area contributed by atoms with Crippen LogP contribution in [0, 0.1) is 0 Å². The van der Waals surface area contributed by atoms with Crippen LogP contribution in [0.15, 0.2) is 53.0 Å². The summed E-state index contributed by atoms with van der Waals surface area (Å²) in [5.41, 5.74) is 1.87. The van der Waals surface area contributed by atoms with Crippen molar-refractivity contribution in [2.75, 3.05) is 32.8 Å². The quantitative estimate of drug-likeness (QED) is 0.364. The molecule has 0 spiro atoms. The van der Waals surface area contributed by atoms with Crippen LogP contribution in [0.1, 0.15) is 48.5 Å². The molecule has 1 aliphatic heterocycles. The highest BCUT2D eigenvalue weighted by atomic mass is 79.9. The number of halogens is 1. The van der Waals surface area contributed by atoms with Crippen molar-refractivity contribution in [3.05, 3.63) is 64.1 Å². The van der Waals surface area contributed by atoms with Gasteiger partial charge >= 0.3 is 0 Å². The van der Waals surface area contributed by atoms with Gasteiger partial charge in [-0.1, -0.05) is 56.5 Å². The topological polar surface area (TPSA) is 44.8 Å². The Kier molecular flexibility index (Phi) is 9.96. The summed E-state index contributed by atoms with van der Waals surface area (Å²) >= 11 is 9.03. The van der Waals surface area contributed by atoms with Gasteiger partial charge in [-0.05, 0) is 58.3 Å². The fourth-order valence-corrected chi connectivity index (χ4v) is 4.44.